The van der Waals surface area contributed by atoms with Gasteiger partial charge in [-0.05, 0) is 37.0 Å². The highest BCUT2D eigenvalue weighted by Crippen LogP contribution is 2.13. The summed E-state index contributed by atoms with van der Waals surface area (Å²) < 4.78 is 0. The molecule has 0 aliphatic heterocycles. The molecule has 1 aromatic rings. The molecule has 0 unspecified atom stereocenters. The Kier molecular flexibility index (Phi) is 4.79. The molecular weight excluding hydrogens is 186 g/mol. The lowest BCUT2D eigenvalue weighted by atomic mass is 10.0. The molecule has 0 heterocycles. The molecule has 84 valence electrons. The average Bonchev–Trinajstić information content (AvgIpc) is 2.23. The minimum Gasteiger partial charge on any atom is -0.395 e. The molecular formula is C13H21NO. The van der Waals surface area contributed by atoms with Crippen LogP contribution in [0, 0.1) is 13.8 Å². The largest absolute Gasteiger partial charge is 0.395 e. The maximum absolute atomic E-state index is 9.08. The SMILES string of the molecule is CC[C@H](CO)NCc1c(C)cccc1C. The standard InChI is InChI=1S/C13H21NO/c1-4-12(9-15)14-8-13-10(2)6-5-7-11(13)3/h5-7,12,14-15H,4,8-9H2,1-3H3/t12-/m1/s1. The van der Waals surface area contributed by atoms with Gasteiger partial charge < -0.3 is 10.4 Å². The van der Waals surface area contributed by atoms with E-state index >= 15 is 0 Å². The molecule has 1 rings (SSSR count). The summed E-state index contributed by atoms with van der Waals surface area (Å²) in [4.78, 5) is 0. The average molecular weight is 207 g/mol. The van der Waals surface area contributed by atoms with Gasteiger partial charge >= 0.3 is 0 Å². The predicted molar refractivity (Wildman–Crippen MR) is 63.9 cm³/mol. The van der Waals surface area contributed by atoms with E-state index in [1.165, 1.54) is 16.7 Å². The van der Waals surface area contributed by atoms with Gasteiger partial charge in [-0.3, -0.25) is 0 Å². The van der Waals surface area contributed by atoms with Crippen LogP contribution in [0.2, 0.25) is 0 Å². The third kappa shape index (κ3) is 3.33. The Morgan fingerprint density at radius 3 is 2.33 bits per heavy atom. The molecule has 0 aliphatic carbocycles. The van der Waals surface area contributed by atoms with E-state index in [9.17, 15) is 0 Å². The van der Waals surface area contributed by atoms with Gasteiger partial charge in [0.05, 0.1) is 6.61 Å². The highest BCUT2D eigenvalue weighted by atomic mass is 16.3. The molecule has 0 aromatic heterocycles. The summed E-state index contributed by atoms with van der Waals surface area (Å²) in [6, 6.07) is 6.55. The summed E-state index contributed by atoms with van der Waals surface area (Å²) in [5.74, 6) is 0. The molecule has 15 heavy (non-hydrogen) atoms. The smallest absolute Gasteiger partial charge is 0.0584 e. The zero-order valence-electron chi connectivity index (χ0n) is 9.88. The highest BCUT2D eigenvalue weighted by Gasteiger charge is 2.06. The van der Waals surface area contributed by atoms with Crippen molar-refractivity contribution in [2.75, 3.05) is 6.61 Å². The highest BCUT2D eigenvalue weighted by molar-refractivity contribution is 5.33. The first-order valence-electron chi connectivity index (χ1n) is 5.58. The van der Waals surface area contributed by atoms with E-state index in [-0.39, 0.29) is 12.6 Å². The monoisotopic (exact) mass is 207 g/mol. The number of rotatable bonds is 5. The summed E-state index contributed by atoms with van der Waals surface area (Å²) in [6.45, 7) is 7.39. The first-order valence-corrected chi connectivity index (χ1v) is 5.58. The fraction of sp³-hybridized carbons (Fsp3) is 0.538. The third-order valence-electron chi connectivity index (χ3n) is 2.93. The van der Waals surface area contributed by atoms with Gasteiger partial charge in [-0.2, -0.15) is 0 Å². The van der Waals surface area contributed by atoms with Gasteiger partial charge in [0.15, 0.2) is 0 Å². The zero-order valence-corrected chi connectivity index (χ0v) is 9.88. The van der Waals surface area contributed by atoms with E-state index in [0.717, 1.165) is 13.0 Å². The second-order valence-electron chi connectivity index (χ2n) is 4.04. The Hall–Kier alpha value is -0.860. The summed E-state index contributed by atoms with van der Waals surface area (Å²) in [5, 5.41) is 12.4. The molecule has 0 spiro atoms. The topological polar surface area (TPSA) is 32.3 Å². The van der Waals surface area contributed by atoms with Gasteiger partial charge in [-0.25, -0.2) is 0 Å². The quantitative estimate of drug-likeness (QED) is 0.775. The van der Waals surface area contributed by atoms with Crippen LogP contribution in [0.1, 0.15) is 30.0 Å². The van der Waals surface area contributed by atoms with E-state index in [0.29, 0.717) is 0 Å². The van der Waals surface area contributed by atoms with Crippen molar-refractivity contribution in [2.45, 2.75) is 39.8 Å². The minimum absolute atomic E-state index is 0.210. The van der Waals surface area contributed by atoms with Crippen molar-refractivity contribution in [2.24, 2.45) is 0 Å². The van der Waals surface area contributed by atoms with Crippen LogP contribution in [-0.2, 0) is 6.54 Å². The summed E-state index contributed by atoms with van der Waals surface area (Å²) in [5.41, 5.74) is 3.98. The van der Waals surface area contributed by atoms with E-state index in [4.69, 9.17) is 5.11 Å². The maximum Gasteiger partial charge on any atom is 0.0584 e. The summed E-state index contributed by atoms with van der Waals surface area (Å²) in [6.07, 6.45) is 0.960. The second-order valence-corrected chi connectivity index (χ2v) is 4.04. The molecule has 2 nitrogen and oxygen atoms in total. The maximum atomic E-state index is 9.08. The van der Waals surface area contributed by atoms with Crippen molar-refractivity contribution in [1.82, 2.24) is 5.32 Å². The number of aliphatic hydroxyl groups excluding tert-OH is 1. The van der Waals surface area contributed by atoms with Crippen LogP contribution in [0.25, 0.3) is 0 Å². The Morgan fingerprint density at radius 1 is 1.27 bits per heavy atom. The fourth-order valence-electron chi connectivity index (χ4n) is 1.71. The molecule has 0 radical (unpaired) electrons. The Balaban J connectivity index is 2.64. The van der Waals surface area contributed by atoms with E-state index in [2.05, 4.69) is 44.3 Å². The Bertz CT molecular complexity index is 285. The van der Waals surface area contributed by atoms with E-state index in [1.807, 2.05) is 0 Å². The van der Waals surface area contributed by atoms with Crippen LogP contribution in [0.5, 0.6) is 0 Å². The van der Waals surface area contributed by atoms with Crippen LogP contribution < -0.4 is 5.32 Å². The Labute approximate surface area is 92.3 Å². The second kappa shape index (κ2) is 5.89. The van der Waals surface area contributed by atoms with Crippen molar-refractivity contribution < 1.29 is 5.11 Å². The fourth-order valence-corrected chi connectivity index (χ4v) is 1.71. The van der Waals surface area contributed by atoms with Crippen molar-refractivity contribution in [3.63, 3.8) is 0 Å². The van der Waals surface area contributed by atoms with Crippen LogP contribution in [-0.4, -0.2) is 17.8 Å². The molecule has 2 N–H and O–H groups in total. The van der Waals surface area contributed by atoms with Gasteiger partial charge in [0.25, 0.3) is 0 Å². The number of hydrogen-bond donors (Lipinski definition) is 2. The van der Waals surface area contributed by atoms with Crippen molar-refractivity contribution >= 4 is 0 Å². The van der Waals surface area contributed by atoms with Gasteiger partial charge in [0.1, 0.15) is 0 Å². The number of hydrogen-bond acceptors (Lipinski definition) is 2. The molecule has 0 saturated carbocycles. The Morgan fingerprint density at radius 2 is 1.87 bits per heavy atom. The number of aliphatic hydroxyl groups is 1. The van der Waals surface area contributed by atoms with Crippen LogP contribution in [0.15, 0.2) is 18.2 Å². The van der Waals surface area contributed by atoms with Crippen LogP contribution >= 0.6 is 0 Å². The van der Waals surface area contributed by atoms with E-state index < -0.39 is 0 Å². The lowest BCUT2D eigenvalue weighted by molar-refractivity contribution is 0.238. The number of benzene rings is 1. The normalized spacial score (nSPS) is 12.8. The molecule has 0 amide bonds. The van der Waals surface area contributed by atoms with Crippen molar-refractivity contribution in [3.8, 4) is 0 Å². The summed E-state index contributed by atoms with van der Waals surface area (Å²) in [7, 11) is 0. The molecule has 1 atom stereocenters. The number of aryl methyl sites for hydroxylation is 2. The van der Waals surface area contributed by atoms with Crippen LogP contribution in [0.3, 0.4) is 0 Å². The van der Waals surface area contributed by atoms with Crippen molar-refractivity contribution in [3.05, 3.63) is 34.9 Å². The summed E-state index contributed by atoms with van der Waals surface area (Å²) >= 11 is 0. The lowest BCUT2D eigenvalue weighted by Crippen LogP contribution is -2.31. The first kappa shape index (κ1) is 12.2. The predicted octanol–water partition coefficient (Wildman–Crippen LogP) is 2.16. The van der Waals surface area contributed by atoms with Gasteiger partial charge in [-0.1, -0.05) is 25.1 Å². The molecule has 0 saturated heterocycles. The zero-order chi connectivity index (χ0) is 11.3. The third-order valence-corrected chi connectivity index (χ3v) is 2.93. The van der Waals surface area contributed by atoms with Gasteiger partial charge in [-0.15, -0.1) is 0 Å². The first-order chi connectivity index (χ1) is 7.19. The molecule has 1 aromatic carbocycles. The molecule has 0 aliphatic rings. The molecule has 0 fully saturated rings. The van der Waals surface area contributed by atoms with Crippen molar-refractivity contribution in [1.29, 1.82) is 0 Å². The minimum atomic E-state index is 0.210. The number of nitrogens with one attached hydrogen (secondary N) is 1. The van der Waals surface area contributed by atoms with Crippen LogP contribution in [0.4, 0.5) is 0 Å². The van der Waals surface area contributed by atoms with Gasteiger partial charge in [0.2, 0.25) is 0 Å². The molecule has 0 bridgehead atoms. The van der Waals surface area contributed by atoms with E-state index in [1.54, 1.807) is 0 Å². The van der Waals surface area contributed by atoms with Gasteiger partial charge in [0, 0.05) is 12.6 Å². The lowest BCUT2D eigenvalue weighted by Gasteiger charge is -2.16. The molecule has 2 heteroatoms.